The molecule has 2 aliphatic heterocycles. The Labute approximate surface area is 166 Å². The molecule has 1 aliphatic carbocycles. The summed E-state index contributed by atoms with van der Waals surface area (Å²) in [6.45, 7) is 3.29. The molecule has 2 heterocycles. The van der Waals surface area contributed by atoms with Gasteiger partial charge in [-0.15, -0.1) is 0 Å². The van der Waals surface area contributed by atoms with E-state index in [9.17, 15) is 9.59 Å². The summed E-state index contributed by atoms with van der Waals surface area (Å²) >= 11 is 0. The molecular weight excluding hydrogens is 356 g/mol. The number of ether oxygens (including phenoxy) is 1. The first-order valence-corrected chi connectivity index (χ1v) is 10.2. The smallest absolute Gasteiger partial charge is 0.317 e. The van der Waals surface area contributed by atoms with E-state index in [0.29, 0.717) is 38.8 Å². The van der Waals surface area contributed by atoms with Crippen molar-refractivity contribution in [1.82, 2.24) is 20.0 Å². The van der Waals surface area contributed by atoms with Crippen LogP contribution in [0.3, 0.4) is 0 Å². The number of morpholine rings is 1. The van der Waals surface area contributed by atoms with Gasteiger partial charge >= 0.3 is 6.03 Å². The van der Waals surface area contributed by atoms with E-state index in [2.05, 4.69) is 22.3 Å². The highest BCUT2D eigenvalue weighted by atomic mass is 16.5. The van der Waals surface area contributed by atoms with Crippen molar-refractivity contribution in [2.45, 2.75) is 30.4 Å². The molecule has 28 heavy (non-hydrogen) atoms. The van der Waals surface area contributed by atoms with Gasteiger partial charge in [-0.2, -0.15) is 0 Å². The van der Waals surface area contributed by atoms with E-state index in [-0.39, 0.29) is 17.9 Å². The molecule has 152 valence electrons. The zero-order valence-electron chi connectivity index (χ0n) is 16.8. The third kappa shape index (κ3) is 3.73. The molecule has 1 saturated carbocycles. The van der Waals surface area contributed by atoms with E-state index in [0.717, 1.165) is 24.9 Å². The van der Waals surface area contributed by atoms with Crippen molar-refractivity contribution in [2.24, 2.45) is 0 Å². The quantitative estimate of drug-likeness (QED) is 0.824. The number of likely N-dealkylation sites (N-methyl/N-ethyl adjacent to an activating group) is 1. The van der Waals surface area contributed by atoms with Gasteiger partial charge in [0, 0.05) is 38.1 Å². The Morgan fingerprint density at radius 1 is 1.29 bits per heavy atom. The summed E-state index contributed by atoms with van der Waals surface area (Å²) in [5, 5.41) is 3.05. The molecule has 0 bridgehead atoms. The summed E-state index contributed by atoms with van der Waals surface area (Å²) < 4.78 is 6.22. The van der Waals surface area contributed by atoms with Gasteiger partial charge in [-0.1, -0.05) is 30.3 Å². The highest BCUT2D eigenvalue weighted by Crippen LogP contribution is 2.42. The Bertz CT molecular complexity index is 722. The molecular formula is C21H30N4O3. The van der Waals surface area contributed by atoms with Crippen LogP contribution in [0.1, 0.15) is 24.3 Å². The van der Waals surface area contributed by atoms with Crippen LogP contribution < -0.4 is 5.32 Å². The molecule has 2 saturated heterocycles. The average molecular weight is 386 g/mol. The molecule has 4 rings (SSSR count). The van der Waals surface area contributed by atoms with Gasteiger partial charge < -0.3 is 24.8 Å². The summed E-state index contributed by atoms with van der Waals surface area (Å²) in [6.07, 6.45) is 2.09. The zero-order valence-corrected chi connectivity index (χ0v) is 16.8. The first-order chi connectivity index (χ1) is 13.5. The van der Waals surface area contributed by atoms with Crippen LogP contribution in [-0.4, -0.2) is 91.7 Å². The Morgan fingerprint density at radius 3 is 2.71 bits per heavy atom. The molecule has 3 fully saturated rings. The van der Waals surface area contributed by atoms with Crippen LogP contribution in [0.4, 0.5) is 4.79 Å². The van der Waals surface area contributed by atoms with Crippen molar-refractivity contribution >= 4 is 11.9 Å². The van der Waals surface area contributed by atoms with Crippen LogP contribution in [-0.2, 0) is 9.53 Å². The number of hydrogen-bond acceptors (Lipinski definition) is 4. The lowest BCUT2D eigenvalue weighted by molar-refractivity contribution is -0.159. The second-order valence-electron chi connectivity index (χ2n) is 8.40. The normalized spacial score (nSPS) is 27.7. The fourth-order valence-corrected chi connectivity index (χ4v) is 4.19. The number of urea groups is 1. The van der Waals surface area contributed by atoms with Crippen LogP contribution >= 0.6 is 0 Å². The monoisotopic (exact) mass is 386 g/mol. The third-order valence-corrected chi connectivity index (χ3v) is 5.97. The second kappa shape index (κ2) is 7.72. The minimum Gasteiger partial charge on any atom is -0.361 e. The van der Waals surface area contributed by atoms with E-state index in [1.165, 1.54) is 0 Å². The van der Waals surface area contributed by atoms with E-state index in [1.807, 2.05) is 37.2 Å². The number of amides is 3. The molecule has 0 aromatic heterocycles. The predicted octanol–water partition coefficient (Wildman–Crippen LogP) is 1.12. The van der Waals surface area contributed by atoms with Crippen molar-refractivity contribution in [1.29, 1.82) is 0 Å². The van der Waals surface area contributed by atoms with Gasteiger partial charge in [0.25, 0.3) is 5.91 Å². The fraction of sp³-hybridized carbons (Fsp3) is 0.619. The van der Waals surface area contributed by atoms with Crippen molar-refractivity contribution in [2.75, 3.05) is 53.4 Å². The van der Waals surface area contributed by atoms with Gasteiger partial charge in [-0.25, -0.2) is 4.79 Å². The Hall–Kier alpha value is -2.12. The van der Waals surface area contributed by atoms with Gasteiger partial charge in [0.05, 0.1) is 13.2 Å². The van der Waals surface area contributed by atoms with Crippen molar-refractivity contribution < 1.29 is 14.3 Å². The Balaban J connectivity index is 1.59. The summed E-state index contributed by atoms with van der Waals surface area (Å²) in [6, 6.07) is 10.3. The van der Waals surface area contributed by atoms with E-state index >= 15 is 0 Å². The van der Waals surface area contributed by atoms with E-state index < -0.39 is 5.60 Å². The van der Waals surface area contributed by atoms with Crippen molar-refractivity contribution in [3.05, 3.63) is 35.9 Å². The number of nitrogens with zero attached hydrogens (tertiary/aromatic N) is 3. The van der Waals surface area contributed by atoms with Crippen LogP contribution in [0.15, 0.2) is 30.3 Å². The molecule has 1 spiro atoms. The average Bonchev–Trinajstić information content (AvgIpc) is 3.48. The maximum Gasteiger partial charge on any atom is 0.317 e. The lowest BCUT2D eigenvalue weighted by Gasteiger charge is -2.42. The first-order valence-electron chi connectivity index (χ1n) is 10.2. The lowest BCUT2D eigenvalue weighted by Crippen LogP contribution is -2.61. The van der Waals surface area contributed by atoms with Gasteiger partial charge in [0.2, 0.25) is 0 Å². The zero-order chi connectivity index (χ0) is 19.7. The molecule has 1 aromatic carbocycles. The summed E-state index contributed by atoms with van der Waals surface area (Å²) in [4.78, 5) is 31.9. The number of carbonyl (C=O) groups excluding carboxylic acids is 2. The van der Waals surface area contributed by atoms with Crippen LogP contribution in [0, 0.1) is 0 Å². The Kier molecular flexibility index (Phi) is 5.29. The minimum atomic E-state index is -0.993. The SMILES string of the molecule is CN(C)CCN1CC(c2ccccc2)C2(CN(C(=O)NC3CC3)CCO2)C1=O. The Morgan fingerprint density at radius 2 is 2.04 bits per heavy atom. The van der Waals surface area contributed by atoms with Gasteiger partial charge in [0.1, 0.15) is 0 Å². The molecule has 2 atom stereocenters. The lowest BCUT2D eigenvalue weighted by atomic mass is 9.83. The minimum absolute atomic E-state index is 0.00660. The van der Waals surface area contributed by atoms with Crippen LogP contribution in [0.25, 0.3) is 0 Å². The number of carbonyl (C=O) groups is 2. The molecule has 7 nitrogen and oxygen atoms in total. The molecule has 7 heteroatoms. The van der Waals surface area contributed by atoms with Crippen LogP contribution in [0.5, 0.6) is 0 Å². The topological polar surface area (TPSA) is 65.1 Å². The number of rotatable bonds is 5. The highest BCUT2D eigenvalue weighted by Gasteiger charge is 2.58. The second-order valence-corrected chi connectivity index (χ2v) is 8.40. The first kappa shape index (κ1) is 19.2. The molecule has 2 unspecified atom stereocenters. The molecule has 1 N–H and O–H groups in total. The number of likely N-dealkylation sites (tertiary alicyclic amines) is 1. The van der Waals surface area contributed by atoms with Gasteiger partial charge in [0.15, 0.2) is 5.60 Å². The van der Waals surface area contributed by atoms with Crippen LogP contribution in [0.2, 0.25) is 0 Å². The van der Waals surface area contributed by atoms with Gasteiger partial charge in [-0.3, -0.25) is 4.79 Å². The molecule has 3 amide bonds. The number of benzene rings is 1. The largest absolute Gasteiger partial charge is 0.361 e. The van der Waals surface area contributed by atoms with Crippen molar-refractivity contribution in [3.63, 3.8) is 0 Å². The maximum atomic E-state index is 13.5. The molecule has 3 aliphatic rings. The van der Waals surface area contributed by atoms with Gasteiger partial charge in [-0.05, 0) is 32.5 Å². The fourth-order valence-electron chi connectivity index (χ4n) is 4.19. The van der Waals surface area contributed by atoms with E-state index in [4.69, 9.17) is 4.74 Å². The summed E-state index contributed by atoms with van der Waals surface area (Å²) in [5.41, 5.74) is 0.0972. The van der Waals surface area contributed by atoms with Crippen molar-refractivity contribution in [3.8, 4) is 0 Å². The molecule has 1 aromatic rings. The highest BCUT2D eigenvalue weighted by molar-refractivity contribution is 5.90. The summed E-state index contributed by atoms with van der Waals surface area (Å²) in [7, 11) is 4.01. The predicted molar refractivity (Wildman–Crippen MR) is 106 cm³/mol. The third-order valence-electron chi connectivity index (χ3n) is 5.97. The summed E-state index contributed by atoms with van der Waals surface area (Å²) in [5.74, 6) is -0.0768. The number of hydrogen-bond donors (Lipinski definition) is 1. The number of nitrogens with one attached hydrogen (secondary N) is 1. The standard InChI is InChI=1S/C21H30N4O3/c1-23(2)10-11-24-14-18(16-6-4-3-5-7-16)21(19(24)26)15-25(12-13-28-21)20(27)22-17-8-9-17/h3-7,17-18H,8-15H2,1-2H3,(H,22,27). The maximum absolute atomic E-state index is 13.5. The van der Waals surface area contributed by atoms with E-state index in [1.54, 1.807) is 4.90 Å². The molecule has 0 radical (unpaired) electrons.